The number of nitrogens with zero attached hydrogens (tertiary/aromatic N) is 5. The van der Waals surface area contributed by atoms with Crippen LogP contribution in [0.1, 0.15) is 20.8 Å². The number of hydrogen-bond donors (Lipinski definition) is 1. The summed E-state index contributed by atoms with van der Waals surface area (Å²) >= 11 is 1.46. The predicted molar refractivity (Wildman–Crippen MR) is 132 cm³/mol. The Bertz CT molecular complexity index is 1390. The van der Waals surface area contributed by atoms with Crippen molar-refractivity contribution < 1.29 is 4.79 Å². The summed E-state index contributed by atoms with van der Waals surface area (Å²) in [6.07, 6.45) is 3.70. The molecule has 0 unspecified atom stereocenters. The summed E-state index contributed by atoms with van der Waals surface area (Å²) in [7, 11) is 3.94. The van der Waals surface area contributed by atoms with Crippen LogP contribution in [0.15, 0.2) is 79.1 Å². The molecule has 0 spiro atoms. The third kappa shape index (κ3) is 4.25. The zero-order valence-corrected chi connectivity index (χ0v) is 19.3. The van der Waals surface area contributed by atoms with Gasteiger partial charge in [0.15, 0.2) is 0 Å². The van der Waals surface area contributed by atoms with Gasteiger partial charge in [0.2, 0.25) is 5.95 Å². The summed E-state index contributed by atoms with van der Waals surface area (Å²) in [6.45, 7) is 1.12. The molecule has 0 bridgehead atoms. The molecule has 5 aromatic rings. The van der Waals surface area contributed by atoms with Crippen LogP contribution in [0.2, 0.25) is 0 Å². The molecule has 8 heteroatoms. The molecule has 0 aliphatic carbocycles. The van der Waals surface area contributed by atoms with E-state index >= 15 is 0 Å². The van der Waals surface area contributed by atoms with E-state index in [0.29, 0.717) is 18.0 Å². The fraction of sp³-hybridized carbons (Fsp3) is 0.160. The Kier molecular flexibility index (Phi) is 5.66. The number of carbonyl (C=O) groups excluding carboxylic acids is 1. The molecule has 1 N–H and O–H groups in total. The fourth-order valence-corrected chi connectivity index (χ4v) is 4.83. The van der Waals surface area contributed by atoms with Crippen molar-refractivity contribution in [3.05, 3.63) is 95.1 Å². The first kappa shape index (κ1) is 21.0. The van der Waals surface area contributed by atoms with E-state index in [0.717, 1.165) is 33.1 Å². The molecule has 0 fully saturated rings. The number of amides is 1. The van der Waals surface area contributed by atoms with Gasteiger partial charge in [-0.3, -0.25) is 14.0 Å². The van der Waals surface area contributed by atoms with Gasteiger partial charge in [0.05, 0.1) is 11.4 Å². The molecule has 0 radical (unpaired) electrons. The number of nitrogens with one attached hydrogen (secondary N) is 1. The Morgan fingerprint density at radius 1 is 1.03 bits per heavy atom. The molecule has 2 aromatic carbocycles. The minimum Gasteiger partial charge on any atom is -0.348 e. The fourth-order valence-electron chi connectivity index (χ4n) is 3.80. The molecule has 3 heterocycles. The highest BCUT2D eigenvalue weighted by Crippen LogP contribution is 2.32. The smallest absolute Gasteiger partial charge is 0.261 e. The summed E-state index contributed by atoms with van der Waals surface area (Å²) < 4.78 is 3.97. The molecule has 3 aromatic heterocycles. The van der Waals surface area contributed by atoms with E-state index < -0.39 is 0 Å². The first-order valence-electron chi connectivity index (χ1n) is 10.7. The first-order chi connectivity index (χ1) is 16.1. The Morgan fingerprint density at radius 2 is 1.79 bits per heavy atom. The Labute approximate surface area is 195 Å². The van der Waals surface area contributed by atoms with Crippen molar-refractivity contribution >= 4 is 33.5 Å². The zero-order chi connectivity index (χ0) is 22.8. The number of imidazole rings is 1. The zero-order valence-electron chi connectivity index (χ0n) is 18.5. The summed E-state index contributed by atoms with van der Waals surface area (Å²) in [5.74, 6) is 0.736. The summed E-state index contributed by atoms with van der Waals surface area (Å²) in [6, 6.07) is 22.0. The van der Waals surface area contributed by atoms with E-state index in [1.165, 1.54) is 11.3 Å². The van der Waals surface area contributed by atoms with Crippen LogP contribution in [0.25, 0.3) is 16.0 Å². The van der Waals surface area contributed by atoms with Gasteiger partial charge in [-0.25, -0.2) is 4.98 Å². The van der Waals surface area contributed by atoms with Crippen molar-refractivity contribution in [3.8, 4) is 5.69 Å². The van der Waals surface area contributed by atoms with Gasteiger partial charge in [0.25, 0.3) is 5.91 Å². The van der Waals surface area contributed by atoms with Gasteiger partial charge in [0, 0.05) is 38.7 Å². The van der Waals surface area contributed by atoms with E-state index in [1.54, 1.807) is 6.20 Å². The second kappa shape index (κ2) is 8.91. The highest BCUT2D eigenvalue weighted by molar-refractivity contribution is 7.20. The van der Waals surface area contributed by atoms with Crippen LogP contribution in [-0.2, 0) is 13.1 Å². The van der Waals surface area contributed by atoms with Crippen LogP contribution >= 0.6 is 11.3 Å². The van der Waals surface area contributed by atoms with Crippen LogP contribution < -0.4 is 10.2 Å². The highest BCUT2D eigenvalue weighted by Gasteiger charge is 2.20. The maximum Gasteiger partial charge on any atom is 0.261 e. The number of para-hydroxylation sites is 1. The van der Waals surface area contributed by atoms with Crippen LogP contribution in [0.3, 0.4) is 0 Å². The summed E-state index contributed by atoms with van der Waals surface area (Å²) in [4.78, 5) is 21.4. The van der Waals surface area contributed by atoms with Crippen molar-refractivity contribution in [3.63, 3.8) is 0 Å². The average Bonchev–Trinajstić information content (AvgIpc) is 3.55. The number of hydrogen-bond acceptors (Lipinski definition) is 5. The number of rotatable bonds is 7. The number of fused-ring (bicyclic) bond motifs is 1. The molecule has 1 amide bonds. The van der Waals surface area contributed by atoms with Gasteiger partial charge in [-0.2, -0.15) is 5.10 Å². The number of carbonyl (C=O) groups is 1. The van der Waals surface area contributed by atoms with Gasteiger partial charge in [0.1, 0.15) is 10.3 Å². The van der Waals surface area contributed by atoms with E-state index in [4.69, 9.17) is 4.98 Å². The second-order valence-corrected chi connectivity index (χ2v) is 8.96. The van der Waals surface area contributed by atoms with E-state index in [-0.39, 0.29) is 5.91 Å². The van der Waals surface area contributed by atoms with Crippen LogP contribution in [0.5, 0.6) is 0 Å². The van der Waals surface area contributed by atoms with Crippen molar-refractivity contribution in [2.24, 2.45) is 0 Å². The maximum atomic E-state index is 13.0. The predicted octanol–water partition coefficient (Wildman–Crippen LogP) is 4.33. The van der Waals surface area contributed by atoms with Crippen molar-refractivity contribution in [1.29, 1.82) is 0 Å². The Balaban J connectivity index is 1.39. The SMILES string of the molecule is CN(C)c1nc2cc(C(=O)NCc3ccccc3Cn3cccn3)sc2n1-c1ccccc1. The van der Waals surface area contributed by atoms with Crippen LogP contribution in [-0.4, -0.2) is 39.3 Å². The van der Waals surface area contributed by atoms with E-state index in [2.05, 4.69) is 21.0 Å². The molecule has 0 saturated heterocycles. The number of thiophene rings is 1. The van der Waals surface area contributed by atoms with E-state index in [1.807, 2.05) is 90.5 Å². The number of benzene rings is 2. The molecular formula is C25H24N6OS. The molecule has 0 saturated carbocycles. The van der Waals surface area contributed by atoms with Gasteiger partial charge >= 0.3 is 0 Å². The molecule has 7 nitrogen and oxygen atoms in total. The van der Waals surface area contributed by atoms with Gasteiger partial charge in [-0.15, -0.1) is 11.3 Å². The van der Waals surface area contributed by atoms with Crippen molar-refractivity contribution in [2.45, 2.75) is 13.1 Å². The third-order valence-corrected chi connectivity index (χ3v) is 6.51. The normalized spacial score (nSPS) is 11.1. The Hall–Kier alpha value is -3.91. The monoisotopic (exact) mass is 456 g/mol. The summed E-state index contributed by atoms with van der Waals surface area (Å²) in [5, 5.41) is 7.36. The number of aromatic nitrogens is 4. The molecule has 0 aliphatic heterocycles. The minimum absolute atomic E-state index is 0.0992. The third-order valence-electron chi connectivity index (χ3n) is 5.40. The summed E-state index contributed by atoms with van der Waals surface area (Å²) in [5.41, 5.74) is 4.04. The lowest BCUT2D eigenvalue weighted by Gasteiger charge is -2.14. The van der Waals surface area contributed by atoms with Gasteiger partial charge < -0.3 is 10.2 Å². The molecule has 33 heavy (non-hydrogen) atoms. The van der Waals surface area contributed by atoms with Crippen LogP contribution in [0.4, 0.5) is 5.95 Å². The van der Waals surface area contributed by atoms with Crippen molar-refractivity contribution in [1.82, 2.24) is 24.6 Å². The quantitative estimate of drug-likeness (QED) is 0.396. The van der Waals surface area contributed by atoms with Gasteiger partial charge in [-0.1, -0.05) is 42.5 Å². The molecule has 166 valence electrons. The molecule has 0 atom stereocenters. The van der Waals surface area contributed by atoms with Crippen molar-refractivity contribution in [2.75, 3.05) is 19.0 Å². The highest BCUT2D eigenvalue weighted by atomic mass is 32.1. The lowest BCUT2D eigenvalue weighted by Crippen LogP contribution is -2.22. The topological polar surface area (TPSA) is 68.0 Å². The number of anilines is 1. The largest absolute Gasteiger partial charge is 0.348 e. The second-order valence-electron chi connectivity index (χ2n) is 7.93. The first-order valence-corrected chi connectivity index (χ1v) is 11.5. The lowest BCUT2D eigenvalue weighted by molar-refractivity contribution is 0.0955. The molecular weight excluding hydrogens is 432 g/mol. The average molecular weight is 457 g/mol. The Morgan fingerprint density at radius 3 is 2.52 bits per heavy atom. The van der Waals surface area contributed by atoms with Crippen LogP contribution in [0, 0.1) is 0 Å². The molecule has 5 rings (SSSR count). The maximum absolute atomic E-state index is 13.0. The molecule has 0 aliphatic rings. The van der Waals surface area contributed by atoms with Gasteiger partial charge in [-0.05, 0) is 35.4 Å². The standard InChI is InChI=1S/C25H24N6OS/c1-29(2)25-28-21-15-22(33-24(21)31(25)20-11-4-3-5-12-20)23(32)26-16-18-9-6-7-10-19(18)17-30-14-8-13-27-30/h3-15H,16-17H2,1-2H3,(H,26,32). The minimum atomic E-state index is -0.0992. The van der Waals surface area contributed by atoms with E-state index in [9.17, 15) is 4.79 Å². The lowest BCUT2D eigenvalue weighted by atomic mass is 10.1.